The fourth-order valence-corrected chi connectivity index (χ4v) is 6.02. The van der Waals surface area contributed by atoms with Crippen LogP contribution in [0.2, 0.25) is 0 Å². The van der Waals surface area contributed by atoms with Crippen LogP contribution in [0.3, 0.4) is 0 Å². The monoisotopic (exact) mass is 495 g/mol. The summed E-state index contributed by atoms with van der Waals surface area (Å²) in [4.78, 5) is 3.17. The van der Waals surface area contributed by atoms with Crippen LogP contribution in [0.25, 0.3) is 0 Å². The quantitative estimate of drug-likeness (QED) is 0.412. The highest BCUT2D eigenvalue weighted by atomic mass is 32.2. The van der Waals surface area contributed by atoms with Gasteiger partial charge in [0.15, 0.2) is 0 Å². The Balaban J connectivity index is 1.31. The molecule has 4 atom stereocenters. The van der Waals surface area contributed by atoms with Crippen molar-refractivity contribution >= 4 is 11.8 Å². The van der Waals surface area contributed by atoms with Gasteiger partial charge in [-0.05, 0) is 73.5 Å². The van der Waals surface area contributed by atoms with Gasteiger partial charge in [0.1, 0.15) is 35.7 Å². The minimum atomic E-state index is -0.253. The Morgan fingerprint density at radius 1 is 1.03 bits per heavy atom. The van der Waals surface area contributed by atoms with Gasteiger partial charge in [-0.2, -0.15) is 0 Å². The summed E-state index contributed by atoms with van der Waals surface area (Å²) in [7, 11) is 0. The Hall–Kier alpha value is -2.90. The predicted molar refractivity (Wildman–Crippen MR) is 135 cm³/mol. The topological polar surface area (TPSA) is 62.2 Å². The molecule has 2 aliphatic rings. The zero-order valence-corrected chi connectivity index (χ0v) is 20.5. The third-order valence-electron chi connectivity index (χ3n) is 6.79. The predicted octanol–water partition coefficient (Wildman–Crippen LogP) is 6.12. The molecule has 0 aromatic heterocycles. The average Bonchev–Trinajstić information content (AvgIpc) is 3.37. The van der Waals surface area contributed by atoms with E-state index in [4.69, 9.17) is 9.47 Å². The number of aromatic hydroxyl groups is 2. The Kier molecular flexibility index (Phi) is 7.07. The lowest BCUT2D eigenvalue weighted by atomic mass is 10.00. The van der Waals surface area contributed by atoms with Gasteiger partial charge in [0.05, 0.1) is 16.8 Å². The van der Waals surface area contributed by atoms with Crippen molar-refractivity contribution in [3.8, 4) is 23.0 Å². The number of alkyl halides is 1. The number of likely N-dealkylation sites (tertiary alicyclic amines) is 1. The number of nitrogens with zero attached hydrogens (tertiary/aromatic N) is 1. The van der Waals surface area contributed by atoms with Crippen molar-refractivity contribution in [2.45, 2.75) is 35.6 Å². The zero-order chi connectivity index (χ0) is 24.4. The summed E-state index contributed by atoms with van der Waals surface area (Å²) < 4.78 is 25.4. The Morgan fingerprint density at radius 3 is 2.46 bits per heavy atom. The number of hydrogen-bond donors (Lipinski definition) is 2. The summed E-state index contributed by atoms with van der Waals surface area (Å²) in [5, 5.41) is 19.6. The second-order valence-corrected chi connectivity index (χ2v) is 10.5. The van der Waals surface area contributed by atoms with Gasteiger partial charge in [0, 0.05) is 18.5 Å². The molecule has 35 heavy (non-hydrogen) atoms. The number of rotatable bonds is 7. The number of halogens is 1. The number of phenolic OH excluding ortho intramolecular Hbond substituents is 2. The molecule has 0 saturated carbocycles. The van der Waals surface area contributed by atoms with E-state index < -0.39 is 0 Å². The Labute approximate surface area is 209 Å². The smallest absolute Gasteiger partial charge is 0.140 e. The molecule has 2 N–H and O–H groups in total. The van der Waals surface area contributed by atoms with Crippen molar-refractivity contribution in [1.82, 2.24) is 4.90 Å². The van der Waals surface area contributed by atoms with E-state index >= 15 is 0 Å². The van der Waals surface area contributed by atoms with Crippen molar-refractivity contribution in [2.24, 2.45) is 5.92 Å². The third-order valence-corrected chi connectivity index (χ3v) is 8.14. The maximum Gasteiger partial charge on any atom is 0.140 e. The maximum absolute atomic E-state index is 12.9. The number of hydrogen-bond acceptors (Lipinski definition) is 6. The standard InChI is InChI=1S/C28H30FNO4S/c1-18(30-13-12-19(15-29)16-30)17-33-24-9-4-20(5-10-24)27-28(21-2-6-22(31)7-3-21)35-26-14-23(32)8-11-25(26)34-27/h2-11,14,18-19,27-28,31-32H,12-13,15-17H2,1H3/t18-,19-,27-,28+/m0/s1. The molecule has 5 rings (SSSR count). The first-order chi connectivity index (χ1) is 17.0. The minimum absolute atomic E-state index is 0.0599. The van der Waals surface area contributed by atoms with Crippen molar-refractivity contribution in [3.63, 3.8) is 0 Å². The average molecular weight is 496 g/mol. The van der Waals surface area contributed by atoms with Crippen molar-refractivity contribution in [2.75, 3.05) is 26.4 Å². The second kappa shape index (κ2) is 10.4. The molecule has 0 spiro atoms. The van der Waals surface area contributed by atoms with Crippen LogP contribution in [0.4, 0.5) is 4.39 Å². The van der Waals surface area contributed by atoms with Crippen LogP contribution in [0.5, 0.6) is 23.0 Å². The summed E-state index contributed by atoms with van der Waals surface area (Å²) in [6.07, 6.45) is 0.664. The fourth-order valence-electron chi connectivity index (χ4n) is 4.70. The van der Waals surface area contributed by atoms with Gasteiger partial charge in [-0.1, -0.05) is 24.3 Å². The highest BCUT2D eigenvalue weighted by Gasteiger charge is 2.34. The first-order valence-corrected chi connectivity index (χ1v) is 12.9. The van der Waals surface area contributed by atoms with Crippen molar-refractivity contribution in [1.29, 1.82) is 0 Å². The van der Waals surface area contributed by atoms with Gasteiger partial charge in [0.25, 0.3) is 0 Å². The number of benzene rings is 3. The summed E-state index contributed by atoms with van der Waals surface area (Å²) in [6, 6.07) is 20.5. The molecule has 3 aromatic carbocycles. The van der Waals surface area contributed by atoms with Gasteiger partial charge in [0.2, 0.25) is 0 Å². The molecular formula is C28H30FNO4S. The Bertz CT molecular complexity index is 1140. The first-order valence-electron chi connectivity index (χ1n) is 12.0. The molecular weight excluding hydrogens is 465 g/mol. The highest BCUT2D eigenvalue weighted by molar-refractivity contribution is 7.99. The lowest BCUT2D eigenvalue weighted by Gasteiger charge is -2.34. The Morgan fingerprint density at radius 2 is 1.74 bits per heavy atom. The van der Waals surface area contributed by atoms with Crippen LogP contribution >= 0.6 is 11.8 Å². The van der Waals surface area contributed by atoms with Gasteiger partial charge >= 0.3 is 0 Å². The molecule has 1 saturated heterocycles. The largest absolute Gasteiger partial charge is 0.508 e. The minimum Gasteiger partial charge on any atom is -0.508 e. The molecule has 0 bridgehead atoms. The summed E-state index contributed by atoms with van der Waals surface area (Å²) in [5.41, 5.74) is 2.04. The zero-order valence-electron chi connectivity index (χ0n) is 19.6. The molecule has 0 radical (unpaired) electrons. The molecule has 2 aliphatic heterocycles. The number of fused-ring (bicyclic) bond motifs is 1. The molecule has 7 heteroatoms. The van der Waals surface area contributed by atoms with Crippen LogP contribution < -0.4 is 9.47 Å². The maximum atomic E-state index is 12.9. The number of thioether (sulfide) groups is 1. The van der Waals surface area contributed by atoms with E-state index in [1.807, 2.05) is 36.4 Å². The van der Waals surface area contributed by atoms with E-state index in [2.05, 4.69) is 11.8 Å². The highest BCUT2D eigenvalue weighted by Crippen LogP contribution is 2.54. The molecule has 0 aliphatic carbocycles. The fraction of sp³-hybridized carbons (Fsp3) is 0.357. The summed E-state index contributed by atoms with van der Waals surface area (Å²) >= 11 is 1.64. The van der Waals surface area contributed by atoms with Gasteiger partial charge < -0.3 is 19.7 Å². The van der Waals surface area contributed by atoms with Crippen LogP contribution in [0.1, 0.15) is 35.8 Å². The van der Waals surface area contributed by atoms with E-state index in [1.165, 1.54) is 0 Å². The molecule has 5 nitrogen and oxygen atoms in total. The molecule has 2 heterocycles. The molecule has 184 valence electrons. The molecule has 1 fully saturated rings. The molecule has 0 unspecified atom stereocenters. The molecule has 0 amide bonds. The van der Waals surface area contributed by atoms with E-state index in [0.717, 1.165) is 47.0 Å². The summed E-state index contributed by atoms with van der Waals surface area (Å²) in [5.74, 6) is 2.10. The van der Waals surface area contributed by atoms with Crippen LogP contribution in [0, 0.1) is 5.92 Å². The lowest BCUT2D eigenvalue weighted by Crippen LogP contribution is -2.35. The first kappa shape index (κ1) is 23.8. The SMILES string of the molecule is C[C@@H](COc1ccc([C@@H]2Oc3ccc(O)cc3S[C@@H]2c2ccc(O)cc2)cc1)N1CC[C@@H](CF)C1. The lowest BCUT2D eigenvalue weighted by molar-refractivity contribution is 0.165. The van der Waals surface area contributed by atoms with E-state index in [1.54, 1.807) is 42.1 Å². The number of phenols is 2. The van der Waals surface area contributed by atoms with E-state index in [-0.39, 0.29) is 41.5 Å². The van der Waals surface area contributed by atoms with Crippen LogP contribution in [-0.4, -0.2) is 47.5 Å². The van der Waals surface area contributed by atoms with Crippen LogP contribution in [-0.2, 0) is 0 Å². The van der Waals surface area contributed by atoms with Crippen molar-refractivity contribution in [3.05, 3.63) is 77.9 Å². The summed E-state index contributed by atoms with van der Waals surface area (Å²) in [6.45, 7) is 4.16. The van der Waals surface area contributed by atoms with E-state index in [9.17, 15) is 14.6 Å². The molecule has 3 aromatic rings. The van der Waals surface area contributed by atoms with Gasteiger partial charge in [-0.25, -0.2) is 0 Å². The van der Waals surface area contributed by atoms with Gasteiger partial charge in [-0.15, -0.1) is 11.8 Å². The second-order valence-electron chi connectivity index (χ2n) is 9.33. The third kappa shape index (κ3) is 5.36. The van der Waals surface area contributed by atoms with Crippen molar-refractivity contribution < 1.29 is 24.1 Å². The normalized spacial score (nSPS) is 22.9. The van der Waals surface area contributed by atoms with E-state index in [0.29, 0.717) is 6.61 Å². The van der Waals surface area contributed by atoms with Gasteiger partial charge in [-0.3, -0.25) is 9.29 Å². The van der Waals surface area contributed by atoms with Crippen LogP contribution in [0.15, 0.2) is 71.6 Å². The number of ether oxygens (including phenoxy) is 2.